The smallest absolute Gasteiger partial charge is 0.145 e. The van der Waals surface area contributed by atoms with E-state index in [0.29, 0.717) is 17.3 Å². The normalized spacial score (nSPS) is 10.4. The van der Waals surface area contributed by atoms with E-state index in [1.165, 1.54) is 0 Å². The molecule has 100 valence electrons. The molecule has 0 spiro atoms. The molecular weight excluding hydrogens is 252 g/mol. The van der Waals surface area contributed by atoms with Gasteiger partial charge >= 0.3 is 0 Å². The summed E-state index contributed by atoms with van der Waals surface area (Å²) in [6, 6.07) is 9.20. The molecule has 0 saturated carbocycles. The van der Waals surface area contributed by atoms with E-state index >= 15 is 0 Å². The van der Waals surface area contributed by atoms with Crippen molar-refractivity contribution in [2.75, 3.05) is 5.73 Å². The molecule has 0 atom stereocenters. The number of nitrogens with two attached hydrogens (primary N) is 1. The molecule has 0 aliphatic rings. The Morgan fingerprint density at radius 3 is 2.70 bits per heavy atom. The number of rotatable bonds is 3. The average Bonchev–Trinajstić information content (AvgIpc) is 2.89. The van der Waals surface area contributed by atoms with E-state index in [-0.39, 0.29) is 0 Å². The maximum atomic E-state index is 5.74. The summed E-state index contributed by atoms with van der Waals surface area (Å²) in [7, 11) is 1.98. The zero-order valence-electron chi connectivity index (χ0n) is 11.0. The highest BCUT2D eigenvalue weighted by molar-refractivity contribution is 5.60. The summed E-state index contributed by atoms with van der Waals surface area (Å²) < 4.78 is 7.72. The van der Waals surface area contributed by atoms with E-state index < -0.39 is 0 Å². The number of ether oxygens (including phenoxy) is 1. The van der Waals surface area contributed by atoms with E-state index in [4.69, 9.17) is 10.5 Å². The molecule has 3 aromatic heterocycles. The van der Waals surface area contributed by atoms with Crippen LogP contribution in [0.1, 0.15) is 0 Å². The number of aryl methyl sites for hydroxylation is 1. The Bertz CT molecular complexity index is 719. The molecule has 20 heavy (non-hydrogen) atoms. The topological polar surface area (TPSA) is 66.0 Å². The molecule has 5 nitrogen and oxygen atoms in total. The van der Waals surface area contributed by atoms with Crippen LogP contribution < -0.4 is 10.5 Å². The van der Waals surface area contributed by atoms with Gasteiger partial charge in [0.1, 0.15) is 17.3 Å². The molecule has 0 unspecified atom stereocenters. The minimum Gasteiger partial charge on any atom is -0.456 e. The van der Waals surface area contributed by atoms with Crippen molar-refractivity contribution in [3.05, 3.63) is 55.1 Å². The average molecular weight is 266 g/mol. The minimum absolute atomic E-state index is 0.469. The summed E-state index contributed by atoms with van der Waals surface area (Å²) in [6.07, 6.45) is 7.31. The van der Waals surface area contributed by atoms with Crippen LogP contribution in [0.4, 0.5) is 5.82 Å². The van der Waals surface area contributed by atoms with Gasteiger partial charge < -0.3 is 15.0 Å². The van der Waals surface area contributed by atoms with E-state index in [1.54, 1.807) is 24.5 Å². The Morgan fingerprint density at radius 1 is 1.10 bits per heavy atom. The van der Waals surface area contributed by atoms with Gasteiger partial charge in [-0.15, -0.1) is 0 Å². The number of pyridine rings is 2. The fraction of sp³-hybridized carbons (Fsp3) is 0.0667. The second-order valence-corrected chi connectivity index (χ2v) is 4.46. The lowest BCUT2D eigenvalue weighted by Gasteiger charge is -2.06. The van der Waals surface area contributed by atoms with Gasteiger partial charge in [0.05, 0.1) is 11.9 Å². The highest BCUT2D eigenvalue weighted by Crippen LogP contribution is 2.25. The Kier molecular flexibility index (Phi) is 3.09. The maximum Gasteiger partial charge on any atom is 0.145 e. The molecule has 0 aliphatic carbocycles. The van der Waals surface area contributed by atoms with Gasteiger partial charge in [0.25, 0.3) is 0 Å². The third-order valence-electron chi connectivity index (χ3n) is 2.85. The van der Waals surface area contributed by atoms with Crippen molar-refractivity contribution in [2.24, 2.45) is 7.05 Å². The molecule has 2 N–H and O–H groups in total. The lowest BCUT2D eigenvalue weighted by atomic mass is 10.2. The first-order chi connectivity index (χ1) is 9.70. The third kappa shape index (κ3) is 2.61. The van der Waals surface area contributed by atoms with E-state index in [1.807, 2.05) is 42.2 Å². The lowest BCUT2D eigenvalue weighted by molar-refractivity contribution is 0.480. The zero-order valence-corrected chi connectivity index (χ0v) is 11.0. The molecule has 0 bridgehead atoms. The second-order valence-electron chi connectivity index (χ2n) is 4.46. The maximum absolute atomic E-state index is 5.74. The van der Waals surface area contributed by atoms with E-state index in [2.05, 4.69) is 9.97 Å². The highest BCUT2D eigenvalue weighted by Gasteiger charge is 2.04. The van der Waals surface area contributed by atoms with Gasteiger partial charge in [-0.25, -0.2) is 4.98 Å². The van der Waals surface area contributed by atoms with Crippen LogP contribution in [0.3, 0.4) is 0 Å². The molecule has 3 heterocycles. The van der Waals surface area contributed by atoms with Crippen molar-refractivity contribution in [1.82, 2.24) is 14.5 Å². The summed E-state index contributed by atoms with van der Waals surface area (Å²) in [5.41, 5.74) is 7.46. The summed E-state index contributed by atoms with van der Waals surface area (Å²) in [6.45, 7) is 0. The number of aromatic nitrogens is 3. The van der Waals surface area contributed by atoms with Crippen molar-refractivity contribution >= 4 is 5.82 Å². The highest BCUT2D eigenvalue weighted by atomic mass is 16.5. The number of anilines is 1. The lowest BCUT2D eigenvalue weighted by Crippen LogP contribution is -1.91. The molecule has 3 rings (SSSR count). The quantitative estimate of drug-likeness (QED) is 0.791. The van der Waals surface area contributed by atoms with Crippen LogP contribution in [-0.4, -0.2) is 14.5 Å². The van der Waals surface area contributed by atoms with Gasteiger partial charge in [-0.2, -0.15) is 0 Å². The summed E-state index contributed by atoms with van der Waals surface area (Å²) in [5.74, 6) is 1.83. The van der Waals surface area contributed by atoms with Gasteiger partial charge in [0.2, 0.25) is 0 Å². The number of nitrogens with zero attached hydrogens (tertiary/aromatic N) is 3. The van der Waals surface area contributed by atoms with Gasteiger partial charge in [-0.1, -0.05) is 0 Å². The summed E-state index contributed by atoms with van der Waals surface area (Å²) >= 11 is 0. The first kappa shape index (κ1) is 12.2. The molecule has 0 aromatic carbocycles. The Morgan fingerprint density at radius 2 is 2.00 bits per heavy atom. The van der Waals surface area contributed by atoms with Crippen molar-refractivity contribution in [3.63, 3.8) is 0 Å². The standard InChI is InChI=1S/C15H14N4O/c1-19-7-5-11(10-19)14-8-12(4-6-17-14)20-13-2-3-15(16)18-9-13/h2-10H,1H3,(H2,16,18). The van der Waals surface area contributed by atoms with Gasteiger partial charge in [0.15, 0.2) is 0 Å². The first-order valence-corrected chi connectivity index (χ1v) is 6.18. The summed E-state index contributed by atoms with van der Waals surface area (Å²) in [5, 5.41) is 0. The minimum atomic E-state index is 0.469. The van der Waals surface area contributed by atoms with Crippen LogP contribution in [0, 0.1) is 0 Å². The molecule has 5 heteroatoms. The van der Waals surface area contributed by atoms with Crippen LogP contribution in [0.2, 0.25) is 0 Å². The number of hydrogen-bond donors (Lipinski definition) is 1. The van der Waals surface area contributed by atoms with Crippen molar-refractivity contribution in [3.8, 4) is 22.8 Å². The fourth-order valence-electron chi connectivity index (χ4n) is 1.88. The first-order valence-electron chi connectivity index (χ1n) is 6.18. The third-order valence-corrected chi connectivity index (χ3v) is 2.85. The largest absolute Gasteiger partial charge is 0.456 e. The molecular formula is C15H14N4O. The Labute approximate surface area is 116 Å². The molecule has 0 aliphatic heterocycles. The van der Waals surface area contributed by atoms with Crippen molar-refractivity contribution in [2.45, 2.75) is 0 Å². The fourth-order valence-corrected chi connectivity index (χ4v) is 1.88. The van der Waals surface area contributed by atoms with Crippen LogP contribution in [0.15, 0.2) is 55.1 Å². The van der Waals surface area contributed by atoms with Crippen LogP contribution >= 0.6 is 0 Å². The molecule has 3 aromatic rings. The predicted octanol–water partition coefficient (Wildman–Crippen LogP) is 2.86. The summed E-state index contributed by atoms with van der Waals surface area (Å²) in [4.78, 5) is 8.34. The molecule has 0 saturated heterocycles. The van der Waals surface area contributed by atoms with Gasteiger partial charge in [0, 0.05) is 37.3 Å². The zero-order chi connectivity index (χ0) is 13.9. The van der Waals surface area contributed by atoms with E-state index in [9.17, 15) is 0 Å². The van der Waals surface area contributed by atoms with Gasteiger partial charge in [-0.05, 0) is 24.3 Å². The van der Waals surface area contributed by atoms with Gasteiger partial charge in [-0.3, -0.25) is 4.98 Å². The molecule has 0 amide bonds. The predicted molar refractivity (Wildman–Crippen MR) is 77.4 cm³/mol. The monoisotopic (exact) mass is 266 g/mol. The molecule has 0 fully saturated rings. The number of nitrogen functional groups attached to an aromatic ring is 1. The van der Waals surface area contributed by atoms with Crippen LogP contribution in [0.5, 0.6) is 11.5 Å². The Hall–Kier alpha value is -2.82. The Balaban J connectivity index is 1.86. The van der Waals surface area contributed by atoms with Crippen molar-refractivity contribution < 1.29 is 4.74 Å². The van der Waals surface area contributed by atoms with E-state index in [0.717, 1.165) is 11.3 Å². The van der Waals surface area contributed by atoms with Crippen LogP contribution in [-0.2, 0) is 7.05 Å². The van der Waals surface area contributed by atoms with Crippen LogP contribution in [0.25, 0.3) is 11.3 Å². The SMILES string of the molecule is Cn1ccc(-c2cc(Oc3ccc(N)nc3)ccn2)c1. The van der Waals surface area contributed by atoms with Crippen molar-refractivity contribution in [1.29, 1.82) is 0 Å². The number of hydrogen-bond acceptors (Lipinski definition) is 4. The second kappa shape index (κ2) is 5.05. The molecule has 0 radical (unpaired) electrons.